The van der Waals surface area contributed by atoms with Crippen LogP contribution in [0.2, 0.25) is 0 Å². The molecule has 0 spiro atoms. The molecule has 1 aromatic carbocycles. The van der Waals surface area contributed by atoms with Gasteiger partial charge in [0.25, 0.3) is 0 Å². The van der Waals surface area contributed by atoms with E-state index in [1.165, 1.54) is 0 Å². The Hall–Kier alpha value is -2.68. The topological polar surface area (TPSA) is 71.5 Å². The second-order valence-electron chi connectivity index (χ2n) is 7.90. The van der Waals surface area contributed by atoms with Crippen molar-refractivity contribution < 1.29 is 14.2 Å². The van der Waals surface area contributed by atoms with Crippen LogP contribution in [0.25, 0.3) is 0 Å². The summed E-state index contributed by atoms with van der Waals surface area (Å²) in [5.41, 5.74) is 4.14. The van der Waals surface area contributed by atoms with Crippen LogP contribution in [-0.2, 0) is 16.0 Å². The summed E-state index contributed by atoms with van der Waals surface area (Å²) in [6, 6.07) is 12.3. The van der Waals surface area contributed by atoms with E-state index < -0.39 is 0 Å². The van der Waals surface area contributed by atoms with Crippen LogP contribution in [0.4, 0.5) is 11.4 Å². The van der Waals surface area contributed by atoms with Crippen molar-refractivity contribution >= 4 is 17.6 Å². The fourth-order valence-corrected chi connectivity index (χ4v) is 3.83. The van der Waals surface area contributed by atoms with Gasteiger partial charge < -0.3 is 24.4 Å². The van der Waals surface area contributed by atoms with Crippen LogP contribution >= 0.6 is 0 Å². The summed E-state index contributed by atoms with van der Waals surface area (Å²) in [5, 5.41) is 3.15. The first-order chi connectivity index (χ1) is 15.8. The Balaban J connectivity index is 1.43. The number of nitrogens with one attached hydrogen (secondary N) is 1. The molecule has 4 rings (SSSR count). The van der Waals surface area contributed by atoms with E-state index in [-0.39, 0.29) is 0 Å². The number of aromatic nitrogens is 1. The maximum absolute atomic E-state index is 6.06. The molecule has 2 aliphatic rings. The average Bonchev–Trinajstić information content (AvgIpc) is 2.85. The van der Waals surface area contributed by atoms with Crippen molar-refractivity contribution in [1.29, 1.82) is 0 Å². The first kappa shape index (κ1) is 22.5. The van der Waals surface area contributed by atoms with Crippen LogP contribution in [0.15, 0.2) is 41.4 Å². The Bertz CT molecular complexity index is 880. The van der Waals surface area contributed by atoms with E-state index in [2.05, 4.69) is 32.2 Å². The van der Waals surface area contributed by atoms with Crippen molar-refractivity contribution in [2.45, 2.75) is 6.54 Å². The number of aliphatic imine (C=N–C) groups is 1. The van der Waals surface area contributed by atoms with Gasteiger partial charge in [-0.1, -0.05) is 12.1 Å². The van der Waals surface area contributed by atoms with Crippen LogP contribution in [0.3, 0.4) is 0 Å². The van der Waals surface area contributed by atoms with Gasteiger partial charge in [-0.2, -0.15) is 0 Å². The highest BCUT2D eigenvalue weighted by Gasteiger charge is 2.15. The highest BCUT2D eigenvalue weighted by Crippen LogP contribution is 2.23. The molecular formula is C24H33N5O3. The first-order valence-electron chi connectivity index (χ1n) is 11.3. The minimum absolute atomic E-state index is 0.502. The Morgan fingerprint density at radius 3 is 2.62 bits per heavy atom. The fourth-order valence-electron chi connectivity index (χ4n) is 3.83. The Morgan fingerprint density at radius 2 is 1.84 bits per heavy atom. The average molecular weight is 440 g/mol. The minimum atomic E-state index is 0.502. The second-order valence-corrected chi connectivity index (χ2v) is 7.90. The van der Waals surface area contributed by atoms with Crippen molar-refractivity contribution in [3.63, 3.8) is 0 Å². The molecule has 0 amide bonds. The first-order valence-corrected chi connectivity index (χ1v) is 11.3. The Morgan fingerprint density at radius 1 is 1.06 bits per heavy atom. The lowest BCUT2D eigenvalue weighted by molar-refractivity contribution is 0.0320. The summed E-state index contributed by atoms with van der Waals surface area (Å²) in [6.45, 7) is 8.72. The Labute approximate surface area is 190 Å². The summed E-state index contributed by atoms with van der Waals surface area (Å²) < 4.78 is 17.0. The number of morpholine rings is 2. The summed E-state index contributed by atoms with van der Waals surface area (Å²) in [5.74, 6) is 0.657. The molecule has 8 nitrogen and oxygen atoms in total. The molecule has 2 fully saturated rings. The molecule has 2 aliphatic heterocycles. The van der Waals surface area contributed by atoms with Crippen molar-refractivity contribution in [3.05, 3.63) is 47.7 Å². The van der Waals surface area contributed by atoms with Crippen LogP contribution in [0.1, 0.15) is 11.3 Å². The van der Waals surface area contributed by atoms with Crippen molar-refractivity contribution in [1.82, 2.24) is 9.88 Å². The van der Waals surface area contributed by atoms with Gasteiger partial charge in [-0.3, -0.25) is 9.89 Å². The van der Waals surface area contributed by atoms with E-state index >= 15 is 0 Å². The summed E-state index contributed by atoms with van der Waals surface area (Å²) in [4.78, 5) is 14.0. The maximum atomic E-state index is 6.06. The number of anilines is 2. The van der Waals surface area contributed by atoms with Crippen molar-refractivity contribution in [2.24, 2.45) is 4.99 Å². The van der Waals surface area contributed by atoms with Crippen LogP contribution in [0, 0.1) is 0 Å². The third-order valence-electron chi connectivity index (χ3n) is 5.65. The summed E-state index contributed by atoms with van der Waals surface area (Å²) in [7, 11) is 1.91. The number of pyridine rings is 1. The largest absolute Gasteiger partial charge is 0.476 e. The monoisotopic (exact) mass is 439 g/mol. The zero-order chi connectivity index (χ0) is 22.0. The van der Waals surface area contributed by atoms with Gasteiger partial charge in [0.15, 0.2) is 0 Å². The smallest absolute Gasteiger partial charge is 0.215 e. The molecule has 3 heterocycles. The van der Waals surface area contributed by atoms with Crippen LogP contribution in [0.5, 0.6) is 5.88 Å². The van der Waals surface area contributed by atoms with Gasteiger partial charge in [0.05, 0.1) is 38.7 Å². The van der Waals surface area contributed by atoms with Crippen LogP contribution < -0.4 is 15.0 Å². The SMILES string of the molecule is CNc1cccc(C=NCc2cc(N3CCOCC3)cc(OCCN3CCOCC3)n2)c1. The predicted molar refractivity (Wildman–Crippen MR) is 127 cm³/mol. The van der Waals surface area contributed by atoms with Gasteiger partial charge in [-0.05, 0) is 23.8 Å². The zero-order valence-corrected chi connectivity index (χ0v) is 18.8. The van der Waals surface area contributed by atoms with Gasteiger partial charge in [0.1, 0.15) is 6.61 Å². The van der Waals surface area contributed by atoms with E-state index in [1.54, 1.807) is 0 Å². The molecule has 8 heteroatoms. The Kier molecular flexibility index (Phi) is 8.30. The third kappa shape index (κ3) is 6.66. The summed E-state index contributed by atoms with van der Waals surface area (Å²) >= 11 is 0. The lowest BCUT2D eigenvalue weighted by Gasteiger charge is -2.29. The molecule has 0 aliphatic carbocycles. The van der Waals surface area contributed by atoms with Gasteiger partial charge >= 0.3 is 0 Å². The van der Waals surface area contributed by atoms with Crippen LogP contribution in [-0.4, -0.2) is 88.9 Å². The molecule has 1 N–H and O–H groups in total. The molecular weight excluding hydrogens is 406 g/mol. The number of ether oxygens (including phenoxy) is 3. The van der Waals surface area contributed by atoms with Gasteiger partial charge in [0, 0.05) is 63.4 Å². The number of hydrogen-bond donors (Lipinski definition) is 1. The predicted octanol–water partition coefficient (Wildman–Crippen LogP) is 2.29. The number of hydrogen-bond acceptors (Lipinski definition) is 8. The zero-order valence-electron chi connectivity index (χ0n) is 18.8. The highest BCUT2D eigenvalue weighted by molar-refractivity contribution is 5.81. The summed E-state index contributed by atoms with van der Waals surface area (Å²) in [6.07, 6.45) is 1.89. The molecule has 0 atom stereocenters. The number of nitrogens with zero attached hydrogens (tertiary/aromatic N) is 4. The maximum Gasteiger partial charge on any atom is 0.215 e. The van der Waals surface area contributed by atoms with Gasteiger partial charge in [-0.15, -0.1) is 0 Å². The molecule has 2 aromatic rings. The van der Waals surface area contributed by atoms with Crippen molar-refractivity contribution in [3.8, 4) is 5.88 Å². The standard InChI is InChI=1S/C24H33N5O3/c1-25-21-4-2-3-20(15-21)18-26-19-22-16-23(29-8-12-31-13-9-29)17-24(27-22)32-14-7-28-5-10-30-11-6-28/h2-4,15-18,25H,5-14,19H2,1H3. The molecule has 0 saturated carbocycles. The lowest BCUT2D eigenvalue weighted by Crippen LogP contribution is -2.38. The van der Waals surface area contributed by atoms with E-state index in [4.69, 9.17) is 19.2 Å². The minimum Gasteiger partial charge on any atom is -0.476 e. The van der Waals surface area contributed by atoms with E-state index in [0.29, 0.717) is 19.0 Å². The quantitative estimate of drug-likeness (QED) is 0.601. The van der Waals surface area contributed by atoms with E-state index in [1.807, 2.05) is 37.5 Å². The normalized spacial score (nSPS) is 17.6. The molecule has 2 saturated heterocycles. The fraction of sp³-hybridized carbons (Fsp3) is 0.500. The number of rotatable bonds is 9. The van der Waals surface area contributed by atoms with Gasteiger partial charge in [0.2, 0.25) is 5.88 Å². The number of benzene rings is 1. The van der Waals surface area contributed by atoms with E-state index in [0.717, 1.165) is 81.8 Å². The molecule has 32 heavy (non-hydrogen) atoms. The van der Waals surface area contributed by atoms with E-state index in [9.17, 15) is 0 Å². The third-order valence-corrected chi connectivity index (χ3v) is 5.65. The lowest BCUT2D eigenvalue weighted by atomic mass is 10.2. The highest BCUT2D eigenvalue weighted by atomic mass is 16.5. The molecule has 0 radical (unpaired) electrons. The molecule has 1 aromatic heterocycles. The molecule has 0 unspecified atom stereocenters. The van der Waals surface area contributed by atoms with Crippen molar-refractivity contribution in [2.75, 3.05) is 83.0 Å². The van der Waals surface area contributed by atoms with Gasteiger partial charge in [-0.25, -0.2) is 4.98 Å². The molecule has 0 bridgehead atoms. The molecule has 172 valence electrons. The second kappa shape index (κ2) is 11.8.